The summed E-state index contributed by atoms with van der Waals surface area (Å²) in [7, 11) is 0. The molecule has 6 heteroatoms. The van der Waals surface area contributed by atoms with Crippen LogP contribution in [-0.2, 0) is 16.1 Å². The van der Waals surface area contributed by atoms with Crippen LogP contribution in [0.1, 0.15) is 12.0 Å². The van der Waals surface area contributed by atoms with E-state index in [9.17, 15) is 14.7 Å². The molecule has 2 saturated heterocycles. The fourth-order valence-corrected chi connectivity index (χ4v) is 3.53. The second kappa shape index (κ2) is 6.04. The van der Waals surface area contributed by atoms with Gasteiger partial charge in [0.15, 0.2) is 0 Å². The Hall–Kier alpha value is -2.34. The third kappa shape index (κ3) is 2.70. The molecule has 2 bridgehead atoms. The standard InChI is InChI=1S/C17H20N2O4/c1-2-8-23-16(22)19-12-17(15(20)21)9-14(19)11-18(17)10-13-6-4-3-5-7-13/h2-7,14H,1,8-12H2,(H,20,21). The number of nitrogens with zero attached hydrogens (tertiary/aromatic N) is 2. The van der Waals surface area contributed by atoms with E-state index in [1.54, 1.807) is 4.90 Å². The molecule has 6 nitrogen and oxygen atoms in total. The number of hydrogen-bond donors (Lipinski definition) is 1. The van der Waals surface area contributed by atoms with Gasteiger partial charge in [-0.3, -0.25) is 9.69 Å². The van der Waals surface area contributed by atoms with E-state index in [-0.39, 0.29) is 19.2 Å². The minimum atomic E-state index is -1.02. The van der Waals surface area contributed by atoms with E-state index in [1.807, 2.05) is 35.2 Å². The number of fused-ring (bicyclic) bond motifs is 2. The lowest BCUT2D eigenvalue weighted by atomic mass is 9.98. The molecule has 1 amide bonds. The van der Waals surface area contributed by atoms with E-state index in [4.69, 9.17) is 4.74 Å². The molecular weight excluding hydrogens is 296 g/mol. The summed E-state index contributed by atoms with van der Waals surface area (Å²) in [6.07, 6.45) is 1.48. The van der Waals surface area contributed by atoms with Crippen LogP contribution in [0.5, 0.6) is 0 Å². The van der Waals surface area contributed by atoms with E-state index < -0.39 is 17.6 Å². The molecule has 23 heavy (non-hydrogen) atoms. The fraction of sp³-hybridized carbons (Fsp3) is 0.412. The summed E-state index contributed by atoms with van der Waals surface area (Å²) in [5, 5.41) is 9.78. The number of piperazine rings is 1. The zero-order chi connectivity index (χ0) is 16.4. The van der Waals surface area contributed by atoms with Crippen LogP contribution in [0, 0.1) is 0 Å². The first kappa shape index (κ1) is 15.6. The highest BCUT2D eigenvalue weighted by Crippen LogP contribution is 2.41. The van der Waals surface area contributed by atoms with Gasteiger partial charge in [-0.15, -0.1) is 0 Å². The predicted molar refractivity (Wildman–Crippen MR) is 83.9 cm³/mol. The molecule has 1 aromatic carbocycles. The van der Waals surface area contributed by atoms with Crippen molar-refractivity contribution < 1.29 is 19.4 Å². The van der Waals surface area contributed by atoms with Crippen molar-refractivity contribution in [1.29, 1.82) is 0 Å². The van der Waals surface area contributed by atoms with Crippen molar-refractivity contribution in [2.24, 2.45) is 0 Å². The van der Waals surface area contributed by atoms with Gasteiger partial charge >= 0.3 is 12.1 Å². The zero-order valence-corrected chi connectivity index (χ0v) is 12.9. The lowest BCUT2D eigenvalue weighted by Crippen LogP contribution is -2.58. The van der Waals surface area contributed by atoms with Gasteiger partial charge in [-0.05, 0) is 5.56 Å². The summed E-state index contributed by atoms with van der Waals surface area (Å²) in [5.74, 6) is -0.880. The average Bonchev–Trinajstić information content (AvgIpc) is 3.10. The fourth-order valence-electron chi connectivity index (χ4n) is 3.53. The Morgan fingerprint density at radius 2 is 2.13 bits per heavy atom. The molecule has 0 spiro atoms. The number of aliphatic carboxylic acids is 1. The number of benzene rings is 1. The maximum Gasteiger partial charge on any atom is 0.410 e. The number of carbonyl (C=O) groups excluding carboxylic acids is 1. The molecule has 2 aliphatic rings. The second-order valence-corrected chi connectivity index (χ2v) is 6.05. The number of hydrogen-bond acceptors (Lipinski definition) is 4. The van der Waals surface area contributed by atoms with Crippen LogP contribution in [0.15, 0.2) is 43.0 Å². The van der Waals surface area contributed by atoms with E-state index in [0.29, 0.717) is 19.5 Å². The Bertz CT molecular complexity index is 618. The van der Waals surface area contributed by atoms with Crippen molar-refractivity contribution in [2.75, 3.05) is 19.7 Å². The third-order valence-electron chi connectivity index (χ3n) is 4.66. The van der Waals surface area contributed by atoms with E-state index in [0.717, 1.165) is 5.56 Å². The summed E-state index contributed by atoms with van der Waals surface area (Å²) >= 11 is 0. The first-order chi connectivity index (χ1) is 11.1. The van der Waals surface area contributed by atoms with Gasteiger partial charge in [-0.1, -0.05) is 43.0 Å². The normalized spacial score (nSPS) is 26.3. The van der Waals surface area contributed by atoms with Crippen LogP contribution in [0.3, 0.4) is 0 Å². The second-order valence-electron chi connectivity index (χ2n) is 6.05. The topological polar surface area (TPSA) is 70.1 Å². The van der Waals surface area contributed by atoms with Crippen LogP contribution in [0.4, 0.5) is 4.79 Å². The highest BCUT2D eigenvalue weighted by atomic mass is 16.6. The van der Waals surface area contributed by atoms with Gasteiger partial charge in [0.05, 0.1) is 12.6 Å². The van der Waals surface area contributed by atoms with Crippen molar-refractivity contribution in [2.45, 2.75) is 24.5 Å². The summed E-state index contributed by atoms with van der Waals surface area (Å²) in [4.78, 5) is 27.5. The molecule has 0 aliphatic carbocycles. The lowest BCUT2D eigenvalue weighted by Gasteiger charge is -2.39. The average molecular weight is 316 g/mol. The van der Waals surface area contributed by atoms with Gasteiger partial charge in [0.2, 0.25) is 0 Å². The van der Waals surface area contributed by atoms with Crippen LogP contribution >= 0.6 is 0 Å². The largest absolute Gasteiger partial charge is 0.480 e. The molecule has 0 aromatic heterocycles. The molecule has 2 atom stereocenters. The van der Waals surface area contributed by atoms with Gasteiger partial charge in [0.25, 0.3) is 0 Å². The lowest BCUT2D eigenvalue weighted by molar-refractivity contribution is -0.150. The first-order valence-electron chi connectivity index (χ1n) is 7.63. The van der Waals surface area contributed by atoms with Gasteiger partial charge < -0.3 is 14.7 Å². The number of carboxylic acid groups (broad SMARTS) is 1. The molecule has 0 saturated carbocycles. The number of carboxylic acids is 1. The van der Waals surface area contributed by atoms with Gasteiger partial charge in [-0.2, -0.15) is 0 Å². The quantitative estimate of drug-likeness (QED) is 0.838. The van der Waals surface area contributed by atoms with Gasteiger partial charge in [-0.25, -0.2) is 4.79 Å². The third-order valence-corrected chi connectivity index (χ3v) is 4.66. The van der Waals surface area contributed by atoms with Crippen molar-refractivity contribution in [1.82, 2.24) is 9.80 Å². The smallest absolute Gasteiger partial charge is 0.410 e. The molecule has 2 aliphatic heterocycles. The molecule has 2 heterocycles. The van der Waals surface area contributed by atoms with Crippen LogP contribution in [0.25, 0.3) is 0 Å². The highest BCUT2D eigenvalue weighted by Gasteiger charge is 2.60. The maximum atomic E-state index is 12.1. The van der Waals surface area contributed by atoms with Crippen molar-refractivity contribution in [3.05, 3.63) is 48.6 Å². The molecule has 2 fully saturated rings. The number of ether oxygens (including phenoxy) is 1. The molecule has 1 aromatic rings. The van der Waals surface area contributed by atoms with Crippen LogP contribution in [-0.4, -0.2) is 58.2 Å². The molecule has 3 rings (SSSR count). The van der Waals surface area contributed by atoms with E-state index in [2.05, 4.69) is 6.58 Å². The first-order valence-corrected chi connectivity index (χ1v) is 7.63. The van der Waals surface area contributed by atoms with Crippen molar-refractivity contribution in [3.63, 3.8) is 0 Å². The van der Waals surface area contributed by atoms with Crippen molar-refractivity contribution >= 4 is 12.1 Å². The Labute approximate surface area is 134 Å². The minimum Gasteiger partial charge on any atom is -0.480 e. The molecule has 1 N–H and O–H groups in total. The SMILES string of the molecule is C=CCOC(=O)N1CC2(C(=O)O)CC1CN2Cc1ccccc1. The van der Waals surface area contributed by atoms with E-state index >= 15 is 0 Å². The van der Waals surface area contributed by atoms with Gasteiger partial charge in [0, 0.05) is 19.5 Å². The molecule has 2 unspecified atom stereocenters. The van der Waals surface area contributed by atoms with Crippen LogP contribution in [0.2, 0.25) is 0 Å². The molecule has 0 radical (unpaired) electrons. The Kier molecular flexibility index (Phi) is 4.09. The number of likely N-dealkylation sites (tertiary alicyclic amines) is 2. The molecular formula is C17H20N2O4. The maximum absolute atomic E-state index is 12.1. The Morgan fingerprint density at radius 3 is 2.78 bits per heavy atom. The Balaban J connectivity index is 1.76. The summed E-state index contributed by atoms with van der Waals surface area (Å²) < 4.78 is 5.06. The zero-order valence-electron chi connectivity index (χ0n) is 12.9. The number of carbonyl (C=O) groups is 2. The van der Waals surface area contributed by atoms with E-state index in [1.165, 1.54) is 6.08 Å². The molecule has 122 valence electrons. The monoisotopic (exact) mass is 316 g/mol. The number of amides is 1. The highest BCUT2D eigenvalue weighted by molar-refractivity contribution is 5.83. The summed E-state index contributed by atoms with van der Waals surface area (Å²) in [6.45, 7) is 4.92. The summed E-state index contributed by atoms with van der Waals surface area (Å²) in [6, 6.07) is 9.66. The summed E-state index contributed by atoms with van der Waals surface area (Å²) in [5.41, 5.74) is 0.0507. The van der Waals surface area contributed by atoms with Crippen molar-refractivity contribution in [3.8, 4) is 0 Å². The Morgan fingerprint density at radius 1 is 1.39 bits per heavy atom. The van der Waals surface area contributed by atoms with Gasteiger partial charge in [0.1, 0.15) is 12.1 Å². The number of rotatable bonds is 5. The van der Waals surface area contributed by atoms with Crippen LogP contribution < -0.4 is 0 Å². The predicted octanol–water partition coefficient (Wildman–Crippen LogP) is 1.72. The minimum absolute atomic E-state index is 0.118.